The standard InChI is InChI=1S/C25H31N3O6/c1-25(2,3)34-24(32)26-15-16-5-4-6-18(13-16)17-9-11-28(12-10-17)23(31)19-7-8-20(21(29)14-19)22(30)27-33/h4-8,13-14,17,29,33H,9-12,15H2,1-3H3,(H,26,32)(H,27,30). The monoisotopic (exact) mass is 469 g/mol. The fourth-order valence-electron chi connectivity index (χ4n) is 3.96. The molecular formula is C25H31N3O6. The molecule has 1 fully saturated rings. The molecule has 4 N–H and O–H groups in total. The van der Waals surface area contributed by atoms with Crippen LogP contribution >= 0.6 is 0 Å². The van der Waals surface area contributed by atoms with Gasteiger partial charge in [0.1, 0.15) is 11.4 Å². The normalized spacial score (nSPS) is 14.4. The number of rotatable bonds is 5. The van der Waals surface area contributed by atoms with Gasteiger partial charge in [0, 0.05) is 25.2 Å². The summed E-state index contributed by atoms with van der Waals surface area (Å²) >= 11 is 0. The first-order valence-electron chi connectivity index (χ1n) is 11.2. The van der Waals surface area contributed by atoms with Gasteiger partial charge in [-0.05, 0) is 68.9 Å². The van der Waals surface area contributed by atoms with E-state index in [0.29, 0.717) is 19.6 Å². The predicted molar refractivity (Wildman–Crippen MR) is 125 cm³/mol. The summed E-state index contributed by atoms with van der Waals surface area (Å²) < 4.78 is 5.27. The third-order valence-electron chi connectivity index (χ3n) is 5.63. The van der Waals surface area contributed by atoms with Gasteiger partial charge in [-0.15, -0.1) is 0 Å². The van der Waals surface area contributed by atoms with Gasteiger partial charge in [0.25, 0.3) is 11.8 Å². The Morgan fingerprint density at radius 2 is 1.79 bits per heavy atom. The third-order valence-corrected chi connectivity index (χ3v) is 5.63. The number of likely N-dealkylation sites (tertiary alicyclic amines) is 1. The van der Waals surface area contributed by atoms with E-state index in [0.717, 1.165) is 24.0 Å². The minimum atomic E-state index is -0.846. The van der Waals surface area contributed by atoms with Gasteiger partial charge >= 0.3 is 6.09 Å². The van der Waals surface area contributed by atoms with Crippen LogP contribution in [0, 0.1) is 0 Å². The molecule has 0 radical (unpaired) electrons. The van der Waals surface area contributed by atoms with Crippen LogP contribution in [0.15, 0.2) is 42.5 Å². The number of ether oxygens (including phenoxy) is 1. The number of aromatic hydroxyl groups is 1. The van der Waals surface area contributed by atoms with Gasteiger partial charge < -0.3 is 20.1 Å². The minimum absolute atomic E-state index is 0.112. The van der Waals surface area contributed by atoms with E-state index < -0.39 is 17.6 Å². The molecule has 0 atom stereocenters. The maximum atomic E-state index is 12.9. The summed E-state index contributed by atoms with van der Waals surface area (Å²) in [7, 11) is 0. The van der Waals surface area contributed by atoms with Crippen LogP contribution in [0.3, 0.4) is 0 Å². The Morgan fingerprint density at radius 1 is 1.09 bits per heavy atom. The van der Waals surface area contributed by atoms with Crippen molar-refractivity contribution in [1.29, 1.82) is 0 Å². The Kier molecular flexibility index (Phi) is 7.78. The lowest BCUT2D eigenvalue weighted by Crippen LogP contribution is -2.38. The Balaban J connectivity index is 1.57. The molecule has 0 aromatic heterocycles. The van der Waals surface area contributed by atoms with E-state index in [9.17, 15) is 19.5 Å². The van der Waals surface area contributed by atoms with Crippen LogP contribution in [0.25, 0.3) is 0 Å². The molecule has 3 rings (SSSR count). The highest BCUT2D eigenvalue weighted by molar-refractivity contribution is 5.99. The molecule has 0 saturated carbocycles. The number of phenols is 1. The van der Waals surface area contributed by atoms with E-state index >= 15 is 0 Å². The molecule has 1 heterocycles. The maximum absolute atomic E-state index is 12.9. The average molecular weight is 470 g/mol. The Labute approximate surface area is 198 Å². The summed E-state index contributed by atoms with van der Waals surface area (Å²) in [5.74, 6) is -1.15. The number of amides is 3. The minimum Gasteiger partial charge on any atom is -0.507 e. The number of hydroxylamine groups is 1. The van der Waals surface area contributed by atoms with E-state index in [1.165, 1.54) is 23.7 Å². The molecule has 9 heteroatoms. The van der Waals surface area contributed by atoms with Crippen molar-refractivity contribution < 1.29 is 29.4 Å². The Bertz CT molecular complexity index is 1050. The summed E-state index contributed by atoms with van der Waals surface area (Å²) in [6, 6.07) is 12.0. The van der Waals surface area contributed by atoms with Crippen molar-refractivity contribution >= 4 is 17.9 Å². The van der Waals surface area contributed by atoms with Crippen molar-refractivity contribution in [3.8, 4) is 5.75 Å². The number of nitrogens with one attached hydrogen (secondary N) is 2. The zero-order chi connectivity index (χ0) is 24.9. The molecule has 0 aliphatic carbocycles. The molecular weight excluding hydrogens is 438 g/mol. The quantitative estimate of drug-likeness (QED) is 0.392. The first-order valence-corrected chi connectivity index (χ1v) is 11.2. The number of carbonyl (C=O) groups excluding carboxylic acids is 3. The van der Waals surface area contributed by atoms with Crippen LogP contribution in [0.5, 0.6) is 5.75 Å². The lowest BCUT2D eigenvalue weighted by molar-refractivity contribution is 0.0523. The SMILES string of the molecule is CC(C)(C)OC(=O)NCc1cccc(C2CCN(C(=O)c3ccc(C(=O)NO)c(O)c3)CC2)c1. The molecule has 1 aliphatic rings. The second-order valence-electron chi connectivity index (χ2n) is 9.34. The Morgan fingerprint density at radius 3 is 2.41 bits per heavy atom. The first-order chi connectivity index (χ1) is 16.1. The molecule has 0 unspecified atom stereocenters. The Hall–Kier alpha value is -3.59. The lowest BCUT2D eigenvalue weighted by atomic mass is 9.88. The van der Waals surface area contributed by atoms with Gasteiger partial charge in [-0.25, -0.2) is 10.3 Å². The maximum Gasteiger partial charge on any atom is 0.407 e. The molecule has 0 bridgehead atoms. The van der Waals surface area contributed by atoms with Crippen molar-refractivity contribution in [1.82, 2.24) is 15.7 Å². The number of piperidine rings is 1. The van der Waals surface area contributed by atoms with Gasteiger partial charge in [-0.1, -0.05) is 24.3 Å². The molecule has 2 aromatic rings. The summed E-state index contributed by atoms with van der Waals surface area (Å²) in [5, 5.41) is 21.5. The highest BCUT2D eigenvalue weighted by Crippen LogP contribution is 2.30. The van der Waals surface area contributed by atoms with Crippen LogP contribution in [-0.2, 0) is 11.3 Å². The first kappa shape index (κ1) is 25.0. The molecule has 9 nitrogen and oxygen atoms in total. The summed E-state index contributed by atoms with van der Waals surface area (Å²) in [5.41, 5.74) is 3.21. The van der Waals surface area contributed by atoms with Gasteiger partial charge in [0.05, 0.1) is 5.56 Å². The number of hydrogen-bond acceptors (Lipinski definition) is 6. The zero-order valence-electron chi connectivity index (χ0n) is 19.6. The van der Waals surface area contributed by atoms with Crippen LogP contribution in [0.4, 0.5) is 4.79 Å². The molecule has 2 aromatic carbocycles. The summed E-state index contributed by atoms with van der Waals surface area (Å²) in [6.45, 7) is 6.94. The van der Waals surface area contributed by atoms with E-state index in [-0.39, 0.29) is 28.7 Å². The molecule has 182 valence electrons. The molecule has 34 heavy (non-hydrogen) atoms. The number of carbonyl (C=O) groups is 3. The van der Waals surface area contributed by atoms with E-state index in [1.54, 1.807) is 4.90 Å². The van der Waals surface area contributed by atoms with Crippen LogP contribution < -0.4 is 10.8 Å². The summed E-state index contributed by atoms with van der Waals surface area (Å²) in [6.07, 6.45) is 1.11. The van der Waals surface area contributed by atoms with Crippen LogP contribution in [-0.4, -0.2) is 51.8 Å². The highest BCUT2D eigenvalue weighted by atomic mass is 16.6. The van der Waals surface area contributed by atoms with Gasteiger partial charge in [0.15, 0.2) is 0 Å². The largest absolute Gasteiger partial charge is 0.507 e. The van der Waals surface area contributed by atoms with Crippen molar-refractivity contribution in [3.63, 3.8) is 0 Å². The topological polar surface area (TPSA) is 128 Å². The molecule has 1 saturated heterocycles. The van der Waals surface area contributed by atoms with Gasteiger partial charge in [-0.3, -0.25) is 14.8 Å². The number of nitrogens with zero attached hydrogens (tertiary/aromatic N) is 1. The van der Waals surface area contributed by atoms with Crippen molar-refractivity contribution in [2.45, 2.75) is 51.7 Å². The fraction of sp³-hybridized carbons (Fsp3) is 0.400. The van der Waals surface area contributed by atoms with Crippen molar-refractivity contribution in [2.75, 3.05) is 13.1 Å². The van der Waals surface area contributed by atoms with Crippen molar-refractivity contribution in [2.24, 2.45) is 0 Å². The summed E-state index contributed by atoms with van der Waals surface area (Å²) in [4.78, 5) is 38.0. The number of alkyl carbamates (subject to hydrolysis) is 1. The second kappa shape index (κ2) is 10.6. The van der Waals surface area contributed by atoms with Crippen LogP contribution in [0.1, 0.15) is 71.4 Å². The smallest absolute Gasteiger partial charge is 0.407 e. The van der Waals surface area contributed by atoms with E-state index in [1.807, 2.05) is 32.9 Å². The fourth-order valence-corrected chi connectivity index (χ4v) is 3.96. The molecule has 1 aliphatic heterocycles. The molecule has 0 spiro atoms. The predicted octanol–water partition coefficient (Wildman–Crippen LogP) is 3.56. The number of hydrogen-bond donors (Lipinski definition) is 4. The third kappa shape index (κ3) is 6.48. The molecule has 3 amide bonds. The highest BCUT2D eigenvalue weighted by Gasteiger charge is 2.25. The second-order valence-corrected chi connectivity index (χ2v) is 9.34. The van der Waals surface area contributed by atoms with E-state index in [2.05, 4.69) is 17.4 Å². The average Bonchev–Trinajstić information content (AvgIpc) is 2.81. The number of phenolic OH excluding ortho intramolecular Hbond substituents is 1. The van der Waals surface area contributed by atoms with Gasteiger partial charge in [0.2, 0.25) is 0 Å². The van der Waals surface area contributed by atoms with E-state index in [4.69, 9.17) is 9.94 Å². The van der Waals surface area contributed by atoms with Gasteiger partial charge in [-0.2, -0.15) is 0 Å². The van der Waals surface area contributed by atoms with Crippen molar-refractivity contribution in [3.05, 3.63) is 64.7 Å². The van der Waals surface area contributed by atoms with Crippen LogP contribution in [0.2, 0.25) is 0 Å². The number of benzene rings is 2. The zero-order valence-corrected chi connectivity index (χ0v) is 19.6. The lowest BCUT2D eigenvalue weighted by Gasteiger charge is -2.32.